The van der Waals surface area contributed by atoms with Gasteiger partial charge in [0.25, 0.3) is 0 Å². The average Bonchev–Trinajstić information content (AvgIpc) is 3.14. The Morgan fingerprint density at radius 2 is 1.81 bits per heavy atom. The van der Waals surface area contributed by atoms with Gasteiger partial charge in [-0.2, -0.15) is 0 Å². The van der Waals surface area contributed by atoms with Gasteiger partial charge in [-0.3, -0.25) is 4.57 Å². The minimum atomic E-state index is -0.254. The van der Waals surface area contributed by atoms with Gasteiger partial charge in [0.1, 0.15) is 12.1 Å². The van der Waals surface area contributed by atoms with Crippen molar-refractivity contribution in [1.82, 2.24) is 25.4 Å². The topological polar surface area (TPSA) is 67.1 Å². The Hall–Kier alpha value is -2.49. The van der Waals surface area contributed by atoms with Gasteiger partial charge >= 0.3 is 0 Å². The van der Waals surface area contributed by atoms with Crippen LogP contribution in [0.15, 0.2) is 65.9 Å². The first-order chi connectivity index (χ1) is 12.8. The van der Waals surface area contributed by atoms with E-state index in [1.165, 1.54) is 6.07 Å². The molecular weight excluding hydrogens is 458 g/mol. The fourth-order valence-electron chi connectivity index (χ4n) is 2.48. The highest BCUT2D eigenvalue weighted by atomic mass is 127. The molecule has 27 heavy (non-hydrogen) atoms. The van der Waals surface area contributed by atoms with Crippen LogP contribution in [0.4, 0.5) is 4.39 Å². The number of nitrogens with one attached hydrogen (secondary N) is 2. The van der Waals surface area contributed by atoms with E-state index >= 15 is 0 Å². The summed E-state index contributed by atoms with van der Waals surface area (Å²) in [5, 5.41) is 14.5. The molecule has 2 aromatic carbocycles. The number of halogens is 2. The Labute approximate surface area is 175 Å². The molecule has 6 nitrogen and oxygen atoms in total. The van der Waals surface area contributed by atoms with Crippen LogP contribution in [-0.4, -0.2) is 27.3 Å². The van der Waals surface area contributed by atoms with Crippen molar-refractivity contribution in [3.05, 3.63) is 78.1 Å². The van der Waals surface area contributed by atoms with Crippen LogP contribution in [0.2, 0.25) is 0 Å². The second-order valence-electron chi connectivity index (χ2n) is 5.59. The first kappa shape index (κ1) is 20.8. The minimum absolute atomic E-state index is 0. The molecule has 142 valence electrons. The molecule has 0 fully saturated rings. The van der Waals surface area contributed by atoms with Crippen LogP contribution in [0.5, 0.6) is 0 Å². The van der Waals surface area contributed by atoms with E-state index in [-0.39, 0.29) is 36.3 Å². The van der Waals surface area contributed by atoms with E-state index in [0.29, 0.717) is 24.6 Å². The van der Waals surface area contributed by atoms with Gasteiger partial charge in [0.2, 0.25) is 0 Å². The summed E-state index contributed by atoms with van der Waals surface area (Å²) in [5.41, 5.74) is 1.54. The molecule has 3 aromatic rings. The van der Waals surface area contributed by atoms with Crippen molar-refractivity contribution in [2.75, 3.05) is 6.54 Å². The summed E-state index contributed by atoms with van der Waals surface area (Å²) in [6.07, 6.45) is 1.68. The zero-order valence-corrected chi connectivity index (χ0v) is 17.3. The summed E-state index contributed by atoms with van der Waals surface area (Å²) in [7, 11) is 0. The molecule has 0 aliphatic rings. The van der Waals surface area contributed by atoms with E-state index in [2.05, 4.69) is 25.8 Å². The second-order valence-corrected chi connectivity index (χ2v) is 5.59. The summed E-state index contributed by atoms with van der Waals surface area (Å²) in [6, 6.07) is 16.5. The van der Waals surface area contributed by atoms with Crippen LogP contribution in [-0.2, 0) is 13.1 Å². The minimum Gasteiger partial charge on any atom is -0.357 e. The highest BCUT2D eigenvalue weighted by Gasteiger charge is 2.07. The molecule has 0 atom stereocenters. The number of rotatable bonds is 6. The van der Waals surface area contributed by atoms with Gasteiger partial charge in [-0.15, -0.1) is 34.2 Å². The van der Waals surface area contributed by atoms with Crippen molar-refractivity contribution in [2.45, 2.75) is 20.0 Å². The average molecular weight is 480 g/mol. The van der Waals surface area contributed by atoms with Crippen LogP contribution in [0.1, 0.15) is 18.3 Å². The predicted octanol–water partition coefficient (Wildman–Crippen LogP) is 3.28. The van der Waals surface area contributed by atoms with Gasteiger partial charge in [-0.1, -0.05) is 36.4 Å². The lowest BCUT2D eigenvalue weighted by Gasteiger charge is -2.12. The SMILES string of the molecule is CCNC(=NCc1ccccc1F)NCc1nncn1-c1ccccc1.I. The number of hydrogen-bond donors (Lipinski definition) is 2. The van der Waals surface area contributed by atoms with Crippen molar-refractivity contribution < 1.29 is 4.39 Å². The van der Waals surface area contributed by atoms with Crippen molar-refractivity contribution in [3.63, 3.8) is 0 Å². The van der Waals surface area contributed by atoms with Crippen LogP contribution in [0.3, 0.4) is 0 Å². The molecule has 0 spiro atoms. The van der Waals surface area contributed by atoms with E-state index in [9.17, 15) is 4.39 Å². The third-order valence-electron chi connectivity index (χ3n) is 3.78. The van der Waals surface area contributed by atoms with E-state index < -0.39 is 0 Å². The second kappa shape index (κ2) is 10.6. The predicted molar refractivity (Wildman–Crippen MR) is 115 cm³/mol. The van der Waals surface area contributed by atoms with Gasteiger partial charge in [-0.05, 0) is 25.1 Å². The smallest absolute Gasteiger partial charge is 0.191 e. The maximum absolute atomic E-state index is 13.7. The molecule has 0 amide bonds. The van der Waals surface area contributed by atoms with Crippen molar-refractivity contribution >= 4 is 29.9 Å². The fraction of sp³-hybridized carbons (Fsp3) is 0.211. The number of benzene rings is 2. The number of aliphatic imine (C=N–C) groups is 1. The molecule has 0 aliphatic heterocycles. The zero-order chi connectivity index (χ0) is 18.2. The van der Waals surface area contributed by atoms with Crippen LogP contribution in [0.25, 0.3) is 5.69 Å². The molecule has 1 aromatic heterocycles. The fourth-order valence-corrected chi connectivity index (χ4v) is 2.48. The number of para-hydroxylation sites is 1. The first-order valence-corrected chi connectivity index (χ1v) is 8.48. The largest absolute Gasteiger partial charge is 0.357 e. The summed E-state index contributed by atoms with van der Waals surface area (Å²) >= 11 is 0. The van der Waals surface area contributed by atoms with Gasteiger partial charge < -0.3 is 10.6 Å². The standard InChI is InChI=1S/C19H21FN6.HI/c1-2-21-19(22-12-15-8-6-7-11-17(15)20)23-13-18-25-24-14-26(18)16-9-4-3-5-10-16;/h3-11,14H,2,12-13H2,1H3,(H2,21,22,23);1H. The molecule has 1 heterocycles. The number of hydrogen-bond acceptors (Lipinski definition) is 3. The Balaban J connectivity index is 0.00000261. The van der Waals surface area contributed by atoms with Crippen LogP contribution in [0, 0.1) is 5.82 Å². The molecular formula is C19H22FIN6. The monoisotopic (exact) mass is 480 g/mol. The highest BCUT2D eigenvalue weighted by molar-refractivity contribution is 14.0. The lowest BCUT2D eigenvalue weighted by molar-refractivity contribution is 0.610. The van der Waals surface area contributed by atoms with E-state index in [0.717, 1.165) is 11.5 Å². The number of aromatic nitrogens is 3. The summed E-state index contributed by atoms with van der Waals surface area (Å²) in [6.45, 7) is 3.38. The number of nitrogens with zero attached hydrogens (tertiary/aromatic N) is 4. The Morgan fingerprint density at radius 1 is 1.07 bits per heavy atom. The molecule has 0 saturated carbocycles. The summed E-state index contributed by atoms with van der Waals surface area (Å²) in [4.78, 5) is 4.44. The molecule has 0 radical (unpaired) electrons. The summed E-state index contributed by atoms with van der Waals surface area (Å²) < 4.78 is 15.7. The van der Waals surface area contributed by atoms with Crippen molar-refractivity contribution in [2.24, 2.45) is 4.99 Å². The Bertz CT molecular complexity index is 865. The third-order valence-corrected chi connectivity index (χ3v) is 3.78. The van der Waals surface area contributed by atoms with Gasteiger partial charge in [0.15, 0.2) is 11.8 Å². The van der Waals surface area contributed by atoms with Gasteiger partial charge in [-0.25, -0.2) is 9.38 Å². The molecule has 0 aliphatic carbocycles. The molecule has 2 N–H and O–H groups in total. The summed E-state index contributed by atoms with van der Waals surface area (Å²) in [5.74, 6) is 1.10. The van der Waals surface area contributed by atoms with E-state index in [4.69, 9.17) is 0 Å². The molecule has 0 bridgehead atoms. The molecule has 0 saturated heterocycles. The van der Waals surface area contributed by atoms with E-state index in [1.54, 1.807) is 24.5 Å². The molecule has 0 unspecified atom stereocenters. The lowest BCUT2D eigenvalue weighted by atomic mass is 10.2. The Kier molecular flexibility index (Phi) is 8.18. The zero-order valence-electron chi connectivity index (χ0n) is 15.0. The third kappa shape index (κ3) is 5.75. The molecule has 8 heteroatoms. The quantitative estimate of drug-likeness (QED) is 0.323. The van der Waals surface area contributed by atoms with Gasteiger partial charge in [0, 0.05) is 17.8 Å². The number of guanidine groups is 1. The Morgan fingerprint density at radius 3 is 2.56 bits per heavy atom. The normalized spacial score (nSPS) is 11.0. The lowest BCUT2D eigenvalue weighted by Crippen LogP contribution is -2.37. The van der Waals surface area contributed by atoms with Crippen molar-refractivity contribution in [1.29, 1.82) is 0 Å². The van der Waals surface area contributed by atoms with Crippen molar-refractivity contribution in [3.8, 4) is 5.69 Å². The maximum Gasteiger partial charge on any atom is 0.191 e. The highest BCUT2D eigenvalue weighted by Crippen LogP contribution is 2.09. The van der Waals surface area contributed by atoms with E-state index in [1.807, 2.05) is 41.8 Å². The molecule has 3 rings (SSSR count). The first-order valence-electron chi connectivity index (χ1n) is 8.48. The van der Waals surface area contributed by atoms with Gasteiger partial charge in [0.05, 0.1) is 13.1 Å². The maximum atomic E-state index is 13.7. The van der Waals surface area contributed by atoms with Crippen LogP contribution < -0.4 is 10.6 Å². The van der Waals surface area contributed by atoms with Crippen LogP contribution >= 0.6 is 24.0 Å².